The van der Waals surface area contributed by atoms with Gasteiger partial charge in [0.2, 0.25) is 0 Å². The molecule has 0 unspecified atom stereocenters. The van der Waals surface area contributed by atoms with E-state index in [1.54, 1.807) is 0 Å². The fourth-order valence-corrected chi connectivity index (χ4v) is 5.54. The van der Waals surface area contributed by atoms with Crippen molar-refractivity contribution >= 4 is 33.4 Å². The highest BCUT2D eigenvalue weighted by molar-refractivity contribution is 6.35. The van der Waals surface area contributed by atoms with Gasteiger partial charge in [-0.1, -0.05) is 100 Å². The summed E-state index contributed by atoms with van der Waals surface area (Å²) in [6.45, 7) is 7.45. The van der Waals surface area contributed by atoms with Gasteiger partial charge in [0.1, 0.15) is 0 Å². The van der Waals surface area contributed by atoms with Crippen molar-refractivity contribution in [2.45, 2.75) is 76.7 Å². The predicted octanol–water partition coefficient (Wildman–Crippen LogP) is 6.11. The van der Waals surface area contributed by atoms with E-state index in [4.69, 9.17) is 0 Å². The summed E-state index contributed by atoms with van der Waals surface area (Å²) in [5.41, 5.74) is -1.08. The average molecular weight is 541 g/mol. The van der Waals surface area contributed by atoms with Gasteiger partial charge in [0.05, 0.1) is 23.3 Å². The summed E-state index contributed by atoms with van der Waals surface area (Å²) in [6, 6.07) is 25.7. The molecule has 0 saturated heterocycles. The van der Waals surface area contributed by atoms with Crippen molar-refractivity contribution in [3.05, 3.63) is 96.1 Å². The van der Waals surface area contributed by atoms with Gasteiger partial charge in [0.25, 0.3) is 0 Å². The number of nitrogens with one attached hydrogen (secondary N) is 2. The lowest BCUT2D eigenvalue weighted by molar-refractivity contribution is -0.143. The molecule has 0 bridgehead atoms. The van der Waals surface area contributed by atoms with Crippen LogP contribution in [0.4, 0.5) is 0 Å². The third-order valence-electron chi connectivity index (χ3n) is 8.49. The third-order valence-corrected chi connectivity index (χ3v) is 8.49. The first-order chi connectivity index (χ1) is 19.2. The Hall–Kier alpha value is -3.74. The van der Waals surface area contributed by atoms with E-state index in [-0.39, 0.29) is 0 Å². The second-order valence-electron chi connectivity index (χ2n) is 10.6. The highest BCUT2D eigenvalue weighted by atomic mass is 16.3. The zero-order chi connectivity index (χ0) is 28.9. The first kappa shape index (κ1) is 29.2. The van der Waals surface area contributed by atoms with Crippen molar-refractivity contribution in [1.82, 2.24) is 10.6 Å². The molecule has 6 heteroatoms. The van der Waals surface area contributed by atoms with Crippen molar-refractivity contribution in [1.29, 1.82) is 0 Å². The van der Waals surface area contributed by atoms with Crippen molar-refractivity contribution in [3.63, 3.8) is 0 Å². The molecule has 0 aromatic heterocycles. The normalized spacial score (nSPS) is 13.7. The van der Waals surface area contributed by atoms with E-state index in [9.17, 15) is 19.8 Å². The Labute approximate surface area is 236 Å². The van der Waals surface area contributed by atoms with Crippen LogP contribution in [0.15, 0.2) is 84.9 Å². The SMILES string of the molecule is CCC(O)(CC)[C@H](NC(=O)C(=O)N[C@H](c1ccc2ccccc2c1)C(O)(CC)CC)c1ccc2ccccc2c1. The Bertz CT molecular complexity index is 1380. The summed E-state index contributed by atoms with van der Waals surface area (Å²) < 4.78 is 0. The maximum absolute atomic E-state index is 13.4. The van der Waals surface area contributed by atoms with E-state index in [1.165, 1.54) is 0 Å². The van der Waals surface area contributed by atoms with E-state index in [0.717, 1.165) is 32.7 Å². The topological polar surface area (TPSA) is 98.7 Å². The van der Waals surface area contributed by atoms with Gasteiger partial charge < -0.3 is 20.8 Å². The quantitative estimate of drug-likeness (QED) is 0.182. The minimum atomic E-state index is -1.26. The van der Waals surface area contributed by atoms with Crippen molar-refractivity contribution < 1.29 is 19.8 Å². The molecule has 4 N–H and O–H groups in total. The number of hydrogen-bond donors (Lipinski definition) is 4. The first-order valence-electron chi connectivity index (χ1n) is 14.2. The van der Waals surface area contributed by atoms with E-state index in [0.29, 0.717) is 25.7 Å². The maximum atomic E-state index is 13.4. The van der Waals surface area contributed by atoms with Crippen molar-refractivity contribution in [2.75, 3.05) is 0 Å². The number of rotatable bonds is 10. The molecule has 4 rings (SSSR count). The van der Waals surface area contributed by atoms with Crippen LogP contribution in [0.25, 0.3) is 21.5 Å². The predicted molar refractivity (Wildman–Crippen MR) is 161 cm³/mol. The molecule has 0 aliphatic carbocycles. The summed E-state index contributed by atoms with van der Waals surface area (Å²) in [6.07, 6.45) is 1.53. The van der Waals surface area contributed by atoms with Gasteiger partial charge in [-0.25, -0.2) is 0 Å². The van der Waals surface area contributed by atoms with E-state index < -0.39 is 35.1 Å². The molecular weight excluding hydrogens is 500 g/mol. The van der Waals surface area contributed by atoms with E-state index in [1.807, 2.05) is 113 Å². The van der Waals surface area contributed by atoms with Gasteiger partial charge >= 0.3 is 11.8 Å². The molecule has 4 aromatic carbocycles. The standard InChI is InChI=1S/C34H40N2O4/c1-5-33(39,6-2)29(27-19-17-23-13-9-11-15-25(23)21-27)35-31(37)32(38)36-30(34(40,7-3)8-4)28-20-18-24-14-10-12-16-26(24)22-28/h9-22,29-30,39-40H,5-8H2,1-4H3,(H,35,37)(H,36,38)/t29-,30-/m1/s1. The Balaban J connectivity index is 1.65. The van der Waals surface area contributed by atoms with Crippen LogP contribution in [-0.2, 0) is 9.59 Å². The molecule has 0 fully saturated rings. The van der Waals surface area contributed by atoms with Gasteiger partial charge in [-0.05, 0) is 70.5 Å². The average Bonchev–Trinajstić information content (AvgIpc) is 3.00. The number of amides is 2. The zero-order valence-corrected chi connectivity index (χ0v) is 23.8. The minimum Gasteiger partial charge on any atom is -0.387 e. The van der Waals surface area contributed by atoms with Crippen LogP contribution < -0.4 is 10.6 Å². The summed E-state index contributed by atoms with van der Waals surface area (Å²) in [5.74, 6) is -1.72. The Morgan fingerprint density at radius 1 is 0.575 bits per heavy atom. The summed E-state index contributed by atoms with van der Waals surface area (Å²) in [5, 5.41) is 32.8. The third kappa shape index (κ3) is 5.88. The summed E-state index contributed by atoms with van der Waals surface area (Å²) in [4.78, 5) is 26.9. The lowest BCUT2D eigenvalue weighted by Gasteiger charge is -2.37. The highest BCUT2D eigenvalue weighted by Crippen LogP contribution is 2.35. The molecule has 4 aromatic rings. The smallest absolute Gasteiger partial charge is 0.309 e. The Kier molecular flexibility index (Phi) is 8.92. The van der Waals surface area contributed by atoms with E-state index >= 15 is 0 Å². The Morgan fingerprint density at radius 2 is 0.900 bits per heavy atom. The fraction of sp³-hybridized carbons (Fsp3) is 0.353. The number of benzene rings is 4. The molecule has 2 atom stereocenters. The van der Waals surface area contributed by atoms with Gasteiger partial charge in [-0.15, -0.1) is 0 Å². The van der Waals surface area contributed by atoms with Gasteiger partial charge in [-0.2, -0.15) is 0 Å². The monoisotopic (exact) mass is 540 g/mol. The minimum absolute atomic E-state index is 0.383. The van der Waals surface area contributed by atoms with Gasteiger partial charge in [0, 0.05) is 0 Å². The molecule has 0 saturated carbocycles. The van der Waals surface area contributed by atoms with Crippen LogP contribution in [0.1, 0.15) is 76.6 Å². The molecule has 0 aliphatic heterocycles. The molecule has 2 amide bonds. The molecule has 40 heavy (non-hydrogen) atoms. The van der Waals surface area contributed by atoms with E-state index in [2.05, 4.69) is 10.6 Å². The molecule has 0 radical (unpaired) electrons. The van der Waals surface area contributed by atoms with Crippen molar-refractivity contribution in [3.8, 4) is 0 Å². The zero-order valence-electron chi connectivity index (χ0n) is 23.8. The molecule has 6 nitrogen and oxygen atoms in total. The van der Waals surface area contributed by atoms with Crippen LogP contribution in [-0.4, -0.2) is 33.2 Å². The lowest BCUT2D eigenvalue weighted by Crippen LogP contribution is -2.53. The van der Waals surface area contributed by atoms with Crippen LogP contribution in [0.2, 0.25) is 0 Å². The molecule has 0 spiro atoms. The second-order valence-corrected chi connectivity index (χ2v) is 10.6. The number of aliphatic hydroxyl groups is 2. The molecule has 0 aliphatic rings. The fourth-order valence-electron chi connectivity index (χ4n) is 5.54. The highest BCUT2D eigenvalue weighted by Gasteiger charge is 2.40. The second kappa shape index (κ2) is 12.2. The van der Waals surface area contributed by atoms with Crippen molar-refractivity contribution in [2.24, 2.45) is 0 Å². The van der Waals surface area contributed by atoms with Crippen LogP contribution in [0.5, 0.6) is 0 Å². The van der Waals surface area contributed by atoms with Gasteiger partial charge in [-0.3, -0.25) is 9.59 Å². The molecule has 0 heterocycles. The van der Waals surface area contributed by atoms with Crippen LogP contribution >= 0.6 is 0 Å². The number of carbonyl (C=O) groups is 2. The molecule has 210 valence electrons. The number of carbonyl (C=O) groups excluding carboxylic acids is 2. The first-order valence-corrected chi connectivity index (χ1v) is 14.2. The number of fused-ring (bicyclic) bond motifs is 2. The van der Waals surface area contributed by atoms with Crippen LogP contribution in [0.3, 0.4) is 0 Å². The van der Waals surface area contributed by atoms with Crippen LogP contribution in [0, 0.1) is 0 Å². The maximum Gasteiger partial charge on any atom is 0.309 e. The Morgan fingerprint density at radius 3 is 1.23 bits per heavy atom. The largest absolute Gasteiger partial charge is 0.387 e. The molecular formula is C34H40N2O4. The lowest BCUT2D eigenvalue weighted by atomic mass is 9.83. The summed E-state index contributed by atoms with van der Waals surface area (Å²) >= 11 is 0. The number of hydrogen-bond acceptors (Lipinski definition) is 4. The van der Waals surface area contributed by atoms with Gasteiger partial charge in [0.15, 0.2) is 0 Å². The summed E-state index contributed by atoms with van der Waals surface area (Å²) in [7, 11) is 0.